The van der Waals surface area contributed by atoms with Gasteiger partial charge >= 0.3 is 0 Å². The van der Waals surface area contributed by atoms with Gasteiger partial charge < -0.3 is 9.42 Å². The minimum atomic E-state index is -3.83. The maximum atomic E-state index is 13.7. The number of sulfonamides is 1. The molecule has 1 atom stereocenters. The second-order valence-electron chi connectivity index (χ2n) is 9.95. The smallest absolute Gasteiger partial charge is 0.248 e. The normalized spacial score (nSPS) is 19.1. The summed E-state index contributed by atoms with van der Waals surface area (Å²) in [5, 5.41) is 4.31. The summed E-state index contributed by atoms with van der Waals surface area (Å²) in [5.41, 5.74) is 3.39. The van der Waals surface area contributed by atoms with Gasteiger partial charge in [0.15, 0.2) is 10.7 Å². The van der Waals surface area contributed by atoms with Crippen molar-refractivity contribution in [3.63, 3.8) is 0 Å². The molecule has 3 aromatic rings. The summed E-state index contributed by atoms with van der Waals surface area (Å²) in [6.07, 6.45) is 5.43. The highest BCUT2D eigenvalue weighted by Crippen LogP contribution is 2.41. The number of anilines is 1. The molecule has 1 unspecified atom stereocenters. The Kier molecular flexibility index (Phi) is 7.79. The zero-order valence-electron chi connectivity index (χ0n) is 22.0. The third-order valence-electron chi connectivity index (χ3n) is 7.30. The van der Waals surface area contributed by atoms with Crippen molar-refractivity contribution in [1.29, 1.82) is 0 Å². The standard InChI is InChI=1S/C29H33N3O4S2/c1-4-24-19-32(25-7-5-6-8-27(25)37-24)29(33)23-15-17-31(18-16-23)38(34,35)28-21(3)30-36-26(28)14-13-22-11-9-20(2)10-12-22/h5-14,23-24H,4,15-19H2,1-3H3/b14-13+. The Labute approximate surface area is 228 Å². The molecular formula is C29H33N3O4S2. The SMILES string of the molecule is CCC1CN(C(=O)C2CCN(S(=O)(=O)c3c(C)noc3/C=C/c3ccc(C)cc3)CC2)c2ccccc2S1. The highest BCUT2D eigenvalue weighted by molar-refractivity contribution is 8.00. The molecule has 200 valence electrons. The number of nitrogens with zero attached hydrogens (tertiary/aromatic N) is 3. The van der Waals surface area contributed by atoms with E-state index in [-0.39, 0.29) is 35.6 Å². The topological polar surface area (TPSA) is 83.7 Å². The highest BCUT2D eigenvalue weighted by Gasteiger charge is 2.38. The Balaban J connectivity index is 1.30. The van der Waals surface area contributed by atoms with Gasteiger partial charge in [-0.1, -0.05) is 60.1 Å². The predicted molar refractivity (Wildman–Crippen MR) is 152 cm³/mol. The summed E-state index contributed by atoms with van der Waals surface area (Å²) in [6, 6.07) is 16.0. The molecule has 0 bridgehead atoms. The van der Waals surface area contributed by atoms with Crippen LogP contribution in [-0.4, -0.2) is 48.7 Å². The first-order valence-corrected chi connectivity index (χ1v) is 15.4. The largest absolute Gasteiger partial charge is 0.355 e. The van der Waals surface area contributed by atoms with E-state index in [9.17, 15) is 13.2 Å². The van der Waals surface area contributed by atoms with Crippen LogP contribution >= 0.6 is 11.8 Å². The van der Waals surface area contributed by atoms with Gasteiger partial charge in [-0.2, -0.15) is 4.31 Å². The van der Waals surface area contributed by atoms with Crippen molar-refractivity contribution in [2.24, 2.45) is 5.92 Å². The molecule has 0 saturated carbocycles. The first kappa shape index (κ1) is 26.7. The molecule has 5 rings (SSSR count). The highest BCUT2D eigenvalue weighted by atomic mass is 32.2. The van der Waals surface area contributed by atoms with Gasteiger partial charge in [-0.05, 0) is 56.9 Å². The molecule has 2 aliphatic rings. The third kappa shape index (κ3) is 5.32. The fourth-order valence-corrected chi connectivity index (χ4v) is 7.99. The third-order valence-corrected chi connectivity index (χ3v) is 10.8. The maximum Gasteiger partial charge on any atom is 0.248 e. The van der Waals surface area contributed by atoms with Crippen LogP contribution in [0.2, 0.25) is 0 Å². The summed E-state index contributed by atoms with van der Waals surface area (Å²) < 4.78 is 34.2. The van der Waals surface area contributed by atoms with Crippen LogP contribution in [0.25, 0.3) is 12.2 Å². The van der Waals surface area contributed by atoms with Gasteiger partial charge in [0.1, 0.15) is 5.69 Å². The Morgan fingerprint density at radius 1 is 1.08 bits per heavy atom. The van der Waals surface area contributed by atoms with Crippen molar-refractivity contribution < 1.29 is 17.7 Å². The molecule has 1 saturated heterocycles. The van der Waals surface area contributed by atoms with E-state index in [0.29, 0.717) is 30.3 Å². The number of hydrogen-bond donors (Lipinski definition) is 0. The molecule has 1 amide bonds. The van der Waals surface area contributed by atoms with Gasteiger partial charge in [-0.3, -0.25) is 4.79 Å². The van der Waals surface area contributed by atoms with E-state index in [1.54, 1.807) is 13.0 Å². The molecule has 1 aromatic heterocycles. The van der Waals surface area contributed by atoms with Crippen LogP contribution in [0.15, 0.2) is 62.8 Å². The lowest BCUT2D eigenvalue weighted by molar-refractivity contribution is -0.123. The van der Waals surface area contributed by atoms with E-state index < -0.39 is 10.0 Å². The summed E-state index contributed by atoms with van der Waals surface area (Å²) in [6.45, 7) is 7.06. The molecule has 0 aliphatic carbocycles. The van der Waals surface area contributed by atoms with E-state index in [1.807, 2.05) is 72.1 Å². The van der Waals surface area contributed by atoms with Crippen molar-refractivity contribution in [3.8, 4) is 0 Å². The van der Waals surface area contributed by atoms with E-state index in [1.165, 1.54) is 4.31 Å². The molecule has 3 heterocycles. The monoisotopic (exact) mass is 551 g/mol. The average molecular weight is 552 g/mol. The van der Waals surface area contributed by atoms with Gasteiger partial charge in [-0.25, -0.2) is 8.42 Å². The second kappa shape index (κ2) is 11.1. The molecular weight excluding hydrogens is 518 g/mol. The van der Waals surface area contributed by atoms with Crippen LogP contribution < -0.4 is 4.90 Å². The first-order chi connectivity index (χ1) is 18.3. The van der Waals surface area contributed by atoms with E-state index >= 15 is 0 Å². The second-order valence-corrected chi connectivity index (χ2v) is 13.2. The van der Waals surface area contributed by atoms with Crippen LogP contribution in [0.5, 0.6) is 0 Å². The Morgan fingerprint density at radius 2 is 1.79 bits per heavy atom. The molecule has 2 aliphatic heterocycles. The summed E-state index contributed by atoms with van der Waals surface area (Å²) in [4.78, 5) is 16.8. The number of aryl methyl sites for hydroxylation is 2. The zero-order chi connectivity index (χ0) is 26.9. The number of carbonyl (C=O) groups excluding carboxylic acids is 1. The Bertz CT molecular complexity index is 1440. The molecule has 0 N–H and O–H groups in total. The Hall–Kier alpha value is -2.88. The van der Waals surface area contributed by atoms with Crippen molar-refractivity contribution >= 4 is 45.5 Å². The lowest BCUT2D eigenvalue weighted by atomic mass is 9.96. The minimum Gasteiger partial charge on any atom is -0.355 e. The van der Waals surface area contributed by atoms with Gasteiger partial charge in [0, 0.05) is 35.7 Å². The number of piperidine rings is 1. The van der Waals surface area contributed by atoms with Gasteiger partial charge in [0.05, 0.1) is 5.69 Å². The number of carbonyl (C=O) groups is 1. The quantitative estimate of drug-likeness (QED) is 0.386. The summed E-state index contributed by atoms with van der Waals surface area (Å²) in [7, 11) is -3.83. The number of rotatable bonds is 6. The van der Waals surface area contributed by atoms with E-state index in [2.05, 4.69) is 18.1 Å². The number of amides is 1. The van der Waals surface area contributed by atoms with Gasteiger partial charge in [-0.15, -0.1) is 11.8 Å². The van der Waals surface area contributed by atoms with Crippen molar-refractivity contribution in [3.05, 3.63) is 71.1 Å². The van der Waals surface area contributed by atoms with Crippen LogP contribution in [0.1, 0.15) is 48.8 Å². The molecule has 9 heteroatoms. The van der Waals surface area contributed by atoms with Crippen LogP contribution in [0.3, 0.4) is 0 Å². The van der Waals surface area contributed by atoms with Crippen molar-refractivity contribution in [2.75, 3.05) is 24.5 Å². The molecule has 1 fully saturated rings. The summed E-state index contributed by atoms with van der Waals surface area (Å²) >= 11 is 1.83. The van der Waals surface area contributed by atoms with E-state index in [4.69, 9.17) is 4.52 Å². The number of benzene rings is 2. The van der Waals surface area contributed by atoms with Crippen LogP contribution in [0.4, 0.5) is 5.69 Å². The zero-order valence-corrected chi connectivity index (χ0v) is 23.6. The predicted octanol–water partition coefficient (Wildman–Crippen LogP) is 5.78. The average Bonchev–Trinajstić information content (AvgIpc) is 3.32. The number of thioether (sulfide) groups is 1. The molecule has 0 radical (unpaired) electrons. The number of para-hydroxylation sites is 1. The van der Waals surface area contributed by atoms with Gasteiger partial charge in [0.2, 0.25) is 15.9 Å². The summed E-state index contributed by atoms with van der Waals surface area (Å²) in [5.74, 6) is 0.102. The van der Waals surface area contributed by atoms with Crippen LogP contribution in [-0.2, 0) is 14.8 Å². The molecule has 38 heavy (non-hydrogen) atoms. The molecule has 2 aromatic carbocycles. The van der Waals surface area contributed by atoms with Crippen molar-refractivity contribution in [1.82, 2.24) is 9.46 Å². The van der Waals surface area contributed by atoms with E-state index in [0.717, 1.165) is 28.1 Å². The Morgan fingerprint density at radius 3 is 2.50 bits per heavy atom. The maximum absolute atomic E-state index is 13.7. The number of aromatic nitrogens is 1. The molecule has 0 spiro atoms. The molecule has 7 nitrogen and oxygen atoms in total. The number of hydrogen-bond acceptors (Lipinski definition) is 6. The fourth-order valence-electron chi connectivity index (χ4n) is 5.06. The minimum absolute atomic E-state index is 0.0936. The van der Waals surface area contributed by atoms with Crippen molar-refractivity contribution in [2.45, 2.75) is 55.1 Å². The first-order valence-electron chi connectivity index (χ1n) is 13.1. The number of fused-ring (bicyclic) bond motifs is 1. The van der Waals surface area contributed by atoms with Gasteiger partial charge in [0.25, 0.3) is 0 Å². The van der Waals surface area contributed by atoms with Crippen LogP contribution in [0, 0.1) is 19.8 Å². The lowest BCUT2D eigenvalue weighted by Crippen LogP contribution is -2.47. The fraction of sp³-hybridized carbons (Fsp3) is 0.379. The lowest BCUT2D eigenvalue weighted by Gasteiger charge is -2.38.